The van der Waals surface area contributed by atoms with Crippen molar-refractivity contribution in [2.24, 2.45) is 0 Å². The standard InChI is InChI=1S/C54H33NO2/c1-2-12-34(13-3-1)35-24-27-38(28-25-35)55(48-21-11-20-45-42-17-6-8-22-49(42)57-54(45)48)39-15-10-14-36(32-39)37-26-29-41-40-16-4-5-18-43(40)52-44(47(41)33-37)30-31-51-53(52)46-19-7-9-23-50(46)56-51/h1-33H. The lowest BCUT2D eigenvalue weighted by Gasteiger charge is -2.26. The van der Waals surface area contributed by atoms with Crippen LogP contribution in [0.25, 0.3) is 98.4 Å². The molecular formula is C54H33NO2. The van der Waals surface area contributed by atoms with Crippen molar-refractivity contribution < 1.29 is 8.83 Å². The van der Waals surface area contributed by atoms with Gasteiger partial charge in [0.05, 0.1) is 5.69 Å². The lowest BCUT2D eigenvalue weighted by atomic mass is 9.90. The second-order valence-electron chi connectivity index (χ2n) is 14.8. The normalized spacial score (nSPS) is 11.9. The maximum atomic E-state index is 6.64. The predicted octanol–water partition coefficient (Wildman–Crippen LogP) is 15.7. The van der Waals surface area contributed by atoms with Gasteiger partial charge in [-0.25, -0.2) is 0 Å². The maximum Gasteiger partial charge on any atom is 0.159 e. The Morgan fingerprint density at radius 2 is 0.860 bits per heavy atom. The molecule has 0 unspecified atom stereocenters. The quantitative estimate of drug-likeness (QED) is 0.165. The van der Waals surface area contributed by atoms with E-state index in [-0.39, 0.29) is 0 Å². The van der Waals surface area contributed by atoms with Crippen LogP contribution in [0.4, 0.5) is 17.1 Å². The van der Waals surface area contributed by atoms with Crippen LogP contribution in [0.3, 0.4) is 0 Å². The lowest BCUT2D eigenvalue weighted by molar-refractivity contribution is 0.669. The molecule has 0 bridgehead atoms. The van der Waals surface area contributed by atoms with Crippen LogP contribution in [0.15, 0.2) is 209 Å². The van der Waals surface area contributed by atoms with Gasteiger partial charge in [-0.15, -0.1) is 0 Å². The molecule has 0 radical (unpaired) electrons. The number of benzene rings is 10. The fourth-order valence-corrected chi connectivity index (χ4v) is 9.03. The largest absolute Gasteiger partial charge is 0.456 e. The summed E-state index contributed by atoms with van der Waals surface area (Å²) in [6, 6.07) is 71.5. The third kappa shape index (κ3) is 4.92. The van der Waals surface area contributed by atoms with Crippen molar-refractivity contribution in [1.29, 1.82) is 0 Å². The zero-order chi connectivity index (χ0) is 37.5. The molecule has 0 spiro atoms. The second-order valence-corrected chi connectivity index (χ2v) is 14.8. The van der Waals surface area contributed by atoms with Crippen LogP contribution in [-0.4, -0.2) is 0 Å². The Hall–Kier alpha value is -7.62. The highest BCUT2D eigenvalue weighted by Crippen LogP contribution is 2.46. The van der Waals surface area contributed by atoms with E-state index in [1.807, 2.05) is 18.2 Å². The molecule has 266 valence electrons. The van der Waals surface area contributed by atoms with Gasteiger partial charge in [0.25, 0.3) is 0 Å². The fraction of sp³-hybridized carbons (Fsp3) is 0. The molecule has 0 atom stereocenters. The molecule has 0 fully saturated rings. The van der Waals surface area contributed by atoms with Crippen LogP contribution in [-0.2, 0) is 0 Å². The Kier molecular flexibility index (Phi) is 6.93. The minimum Gasteiger partial charge on any atom is -0.456 e. The lowest BCUT2D eigenvalue weighted by Crippen LogP contribution is -2.10. The van der Waals surface area contributed by atoms with E-state index < -0.39 is 0 Å². The van der Waals surface area contributed by atoms with Gasteiger partial charge in [0, 0.05) is 38.3 Å². The second kappa shape index (κ2) is 12.5. The molecule has 0 aliphatic rings. The highest BCUT2D eigenvalue weighted by atomic mass is 16.3. The highest BCUT2D eigenvalue weighted by Gasteiger charge is 2.21. The van der Waals surface area contributed by atoms with Gasteiger partial charge in [-0.3, -0.25) is 0 Å². The summed E-state index contributed by atoms with van der Waals surface area (Å²) < 4.78 is 13.0. The van der Waals surface area contributed by atoms with Gasteiger partial charge in [-0.2, -0.15) is 0 Å². The van der Waals surface area contributed by atoms with Crippen molar-refractivity contribution in [1.82, 2.24) is 0 Å². The van der Waals surface area contributed by atoms with Gasteiger partial charge in [0.1, 0.15) is 16.7 Å². The van der Waals surface area contributed by atoms with Crippen molar-refractivity contribution in [3.05, 3.63) is 200 Å². The third-order valence-corrected chi connectivity index (χ3v) is 11.6. The molecule has 2 heterocycles. The van der Waals surface area contributed by atoms with Gasteiger partial charge in [-0.1, -0.05) is 140 Å². The number of nitrogens with zero attached hydrogens (tertiary/aromatic N) is 1. The van der Waals surface area contributed by atoms with Crippen LogP contribution in [0.2, 0.25) is 0 Å². The molecule has 12 rings (SSSR count). The van der Waals surface area contributed by atoms with Crippen molar-refractivity contribution in [2.45, 2.75) is 0 Å². The first-order valence-corrected chi connectivity index (χ1v) is 19.4. The minimum atomic E-state index is 0.860. The van der Waals surface area contributed by atoms with Gasteiger partial charge in [-0.05, 0) is 110 Å². The summed E-state index contributed by atoms with van der Waals surface area (Å²) in [5.74, 6) is 0. The molecule has 2 aromatic heterocycles. The van der Waals surface area contributed by atoms with Crippen molar-refractivity contribution in [3.63, 3.8) is 0 Å². The van der Waals surface area contributed by atoms with Crippen LogP contribution < -0.4 is 4.90 Å². The molecule has 57 heavy (non-hydrogen) atoms. The predicted molar refractivity (Wildman–Crippen MR) is 239 cm³/mol. The molecule has 0 N–H and O–H groups in total. The summed E-state index contributed by atoms with van der Waals surface area (Å²) in [7, 11) is 0. The summed E-state index contributed by atoms with van der Waals surface area (Å²) in [4.78, 5) is 2.33. The molecule has 3 heteroatoms. The Morgan fingerprint density at radius 1 is 0.281 bits per heavy atom. The average Bonchev–Trinajstić information content (AvgIpc) is 3.86. The maximum absolute atomic E-state index is 6.64. The molecular weight excluding hydrogens is 695 g/mol. The van der Waals surface area contributed by atoms with Gasteiger partial charge >= 0.3 is 0 Å². The van der Waals surface area contributed by atoms with Crippen LogP contribution in [0.1, 0.15) is 0 Å². The van der Waals surface area contributed by atoms with E-state index in [2.05, 4.69) is 187 Å². The first kappa shape index (κ1) is 31.7. The van der Waals surface area contributed by atoms with Crippen molar-refractivity contribution in [2.75, 3.05) is 4.90 Å². The summed E-state index contributed by atoms with van der Waals surface area (Å²) in [5, 5.41) is 11.9. The molecule has 0 amide bonds. The smallest absolute Gasteiger partial charge is 0.159 e. The molecule has 3 nitrogen and oxygen atoms in total. The van der Waals surface area contributed by atoms with E-state index in [0.717, 1.165) is 66.7 Å². The fourth-order valence-electron chi connectivity index (χ4n) is 9.03. The summed E-state index contributed by atoms with van der Waals surface area (Å²) in [6.45, 7) is 0. The van der Waals surface area contributed by atoms with Crippen molar-refractivity contribution >= 4 is 93.3 Å². The zero-order valence-electron chi connectivity index (χ0n) is 30.8. The van der Waals surface area contributed by atoms with Gasteiger partial charge in [0.2, 0.25) is 0 Å². The Bertz CT molecular complexity index is 3520. The topological polar surface area (TPSA) is 29.5 Å². The van der Waals surface area contributed by atoms with Crippen LogP contribution in [0.5, 0.6) is 0 Å². The summed E-state index contributed by atoms with van der Waals surface area (Å²) in [5.41, 5.74) is 11.3. The number of hydrogen-bond donors (Lipinski definition) is 0. The van der Waals surface area contributed by atoms with E-state index in [9.17, 15) is 0 Å². The first-order chi connectivity index (χ1) is 28.3. The Balaban J connectivity index is 1.06. The average molecular weight is 728 g/mol. The number of para-hydroxylation sites is 3. The molecule has 10 aromatic carbocycles. The molecule has 0 aliphatic carbocycles. The number of furan rings is 2. The molecule has 0 saturated carbocycles. The van der Waals surface area contributed by atoms with E-state index >= 15 is 0 Å². The van der Waals surface area contributed by atoms with Gasteiger partial charge in [0.15, 0.2) is 5.58 Å². The summed E-state index contributed by atoms with van der Waals surface area (Å²) >= 11 is 0. The van der Waals surface area contributed by atoms with Crippen molar-refractivity contribution in [3.8, 4) is 22.3 Å². The van der Waals surface area contributed by atoms with Crippen LogP contribution >= 0.6 is 0 Å². The van der Waals surface area contributed by atoms with E-state index in [1.54, 1.807) is 0 Å². The number of fused-ring (bicyclic) bond motifs is 13. The zero-order valence-corrected chi connectivity index (χ0v) is 30.8. The van der Waals surface area contributed by atoms with E-state index in [4.69, 9.17) is 8.83 Å². The molecule has 0 aliphatic heterocycles. The highest BCUT2D eigenvalue weighted by molar-refractivity contribution is 6.34. The minimum absolute atomic E-state index is 0.860. The Labute approximate surface area is 328 Å². The number of hydrogen-bond acceptors (Lipinski definition) is 3. The Morgan fingerprint density at radius 3 is 1.70 bits per heavy atom. The SMILES string of the molecule is c1ccc(-c2ccc(N(c3cccc(-c4ccc5c6ccccc6c6c(ccc7oc8ccccc8c76)c5c4)c3)c3cccc4c3oc3ccccc34)cc2)cc1. The number of rotatable bonds is 5. The number of anilines is 3. The van der Waals surface area contributed by atoms with Crippen LogP contribution in [0, 0.1) is 0 Å². The summed E-state index contributed by atoms with van der Waals surface area (Å²) in [6.07, 6.45) is 0. The first-order valence-electron chi connectivity index (χ1n) is 19.4. The third-order valence-electron chi connectivity index (χ3n) is 11.6. The molecule has 0 saturated heterocycles. The molecule has 12 aromatic rings. The monoisotopic (exact) mass is 727 g/mol. The van der Waals surface area contributed by atoms with E-state index in [0.29, 0.717) is 0 Å². The van der Waals surface area contributed by atoms with Gasteiger partial charge < -0.3 is 13.7 Å². The van der Waals surface area contributed by atoms with E-state index in [1.165, 1.54) is 48.8 Å².